The third-order valence-electron chi connectivity index (χ3n) is 3.34. The molecule has 1 aromatic heterocycles. The molecule has 0 radical (unpaired) electrons. The maximum absolute atomic E-state index is 5.69. The summed E-state index contributed by atoms with van der Waals surface area (Å²) in [5, 5.41) is 8.18. The van der Waals surface area contributed by atoms with E-state index < -0.39 is 0 Å². The molecule has 0 amide bonds. The molecular formula is C14H16ClN3O. The number of para-hydroxylation sites is 1. The van der Waals surface area contributed by atoms with Gasteiger partial charge in [0.15, 0.2) is 0 Å². The van der Waals surface area contributed by atoms with Crippen LogP contribution in [0.25, 0.3) is 0 Å². The Morgan fingerprint density at radius 3 is 3.05 bits per heavy atom. The van der Waals surface area contributed by atoms with Crippen LogP contribution in [-0.2, 0) is 12.8 Å². The first-order valence-electron chi connectivity index (χ1n) is 6.51. The number of aryl methyl sites for hydroxylation is 1. The van der Waals surface area contributed by atoms with Crippen molar-refractivity contribution in [2.24, 2.45) is 5.92 Å². The summed E-state index contributed by atoms with van der Waals surface area (Å²) in [6.45, 7) is 3.14. The highest BCUT2D eigenvalue weighted by Crippen LogP contribution is 2.34. The Hall–Kier alpha value is -1.55. The summed E-state index contributed by atoms with van der Waals surface area (Å²) in [5.41, 5.74) is 2.50. The molecule has 1 atom stereocenters. The number of fused-ring (bicyclic) bond motifs is 1. The van der Waals surface area contributed by atoms with Gasteiger partial charge in [0.2, 0.25) is 5.89 Å². The molecule has 1 unspecified atom stereocenters. The summed E-state index contributed by atoms with van der Waals surface area (Å²) in [6, 6.07) is 8.94. The second-order valence-electron chi connectivity index (χ2n) is 4.97. The normalized spacial score (nSPS) is 18.4. The second kappa shape index (κ2) is 5.21. The lowest BCUT2D eigenvalue weighted by Crippen LogP contribution is -2.30. The van der Waals surface area contributed by atoms with Crippen LogP contribution >= 0.6 is 11.6 Å². The number of anilines is 2. The van der Waals surface area contributed by atoms with Gasteiger partial charge in [-0.05, 0) is 24.0 Å². The summed E-state index contributed by atoms with van der Waals surface area (Å²) < 4.78 is 5.69. The minimum atomic E-state index is 0.495. The van der Waals surface area contributed by atoms with Crippen LogP contribution in [0.2, 0.25) is 0 Å². The van der Waals surface area contributed by atoms with Crippen molar-refractivity contribution in [1.82, 2.24) is 10.2 Å². The highest BCUT2D eigenvalue weighted by Gasteiger charge is 2.25. The first kappa shape index (κ1) is 12.5. The Morgan fingerprint density at radius 2 is 2.21 bits per heavy atom. The molecule has 100 valence electrons. The Kier molecular flexibility index (Phi) is 3.42. The smallest absolute Gasteiger partial charge is 0.322 e. The van der Waals surface area contributed by atoms with Crippen LogP contribution in [0.5, 0.6) is 0 Å². The molecule has 2 heterocycles. The highest BCUT2D eigenvalue weighted by molar-refractivity contribution is 6.17. The fraction of sp³-hybridized carbons (Fsp3) is 0.429. The molecule has 3 rings (SSSR count). The SMILES string of the molecule is CC1Cc2ccccc2N(c2nnc(CCCl)o2)C1. The highest BCUT2D eigenvalue weighted by atomic mass is 35.5. The topological polar surface area (TPSA) is 42.2 Å². The zero-order valence-corrected chi connectivity index (χ0v) is 11.6. The Morgan fingerprint density at radius 1 is 1.37 bits per heavy atom. The van der Waals surface area contributed by atoms with Gasteiger partial charge in [-0.1, -0.05) is 30.2 Å². The first-order chi connectivity index (χ1) is 9.28. The molecule has 0 spiro atoms. The van der Waals surface area contributed by atoms with E-state index in [0.29, 0.717) is 30.1 Å². The summed E-state index contributed by atoms with van der Waals surface area (Å²) >= 11 is 5.69. The van der Waals surface area contributed by atoms with Crippen LogP contribution in [0.4, 0.5) is 11.7 Å². The maximum atomic E-state index is 5.69. The molecule has 1 aliphatic rings. The van der Waals surface area contributed by atoms with Gasteiger partial charge in [0, 0.05) is 24.5 Å². The number of benzene rings is 1. The average molecular weight is 278 g/mol. The van der Waals surface area contributed by atoms with E-state index in [1.54, 1.807) is 0 Å². The van der Waals surface area contributed by atoms with Gasteiger partial charge in [0.1, 0.15) is 0 Å². The number of rotatable bonds is 3. The van der Waals surface area contributed by atoms with Gasteiger partial charge >= 0.3 is 6.01 Å². The van der Waals surface area contributed by atoms with E-state index in [4.69, 9.17) is 16.0 Å². The fourth-order valence-electron chi connectivity index (χ4n) is 2.51. The van der Waals surface area contributed by atoms with Crippen molar-refractivity contribution in [3.05, 3.63) is 35.7 Å². The molecule has 1 aromatic carbocycles. The molecule has 5 heteroatoms. The third-order valence-corrected chi connectivity index (χ3v) is 3.53. The Balaban J connectivity index is 1.95. The second-order valence-corrected chi connectivity index (χ2v) is 5.34. The van der Waals surface area contributed by atoms with Gasteiger partial charge in [0.25, 0.3) is 0 Å². The number of halogens is 1. The molecule has 0 saturated heterocycles. The average Bonchev–Trinajstić information content (AvgIpc) is 2.86. The minimum absolute atomic E-state index is 0.495. The molecule has 0 saturated carbocycles. The number of aromatic nitrogens is 2. The summed E-state index contributed by atoms with van der Waals surface area (Å²) in [4.78, 5) is 2.11. The molecule has 0 N–H and O–H groups in total. The Bertz CT molecular complexity index is 569. The van der Waals surface area contributed by atoms with Gasteiger partial charge < -0.3 is 4.42 Å². The molecule has 0 bridgehead atoms. The van der Waals surface area contributed by atoms with Crippen molar-refractivity contribution in [1.29, 1.82) is 0 Å². The van der Waals surface area contributed by atoms with Crippen LogP contribution in [0.3, 0.4) is 0 Å². The summed E-state index contributed by atoms with van der Waals surface area (Å²) in [5.74, 6) is 1.66. The van der Waals surface area contributed by atoms with Crippen molar-refractivity contribution in [2.75, 3.05) is 17.3 Å². The summed E-state index contributed by atoms with van der Waals surface area (Å²) in [6.07, 6.45) is 1.70. The lowest BCUT2D eigenvalue weighted by atomic mass is 9.94. The molecule has 2 aromatic rings. The molecule has 19 heavy (non-hydrogen) atoms. The van der Waals surface area contributed by atoms with E-state index in [1.165, 1.54) is 11.3 Å². The van der Waals surface area contributed by atoms with Crippen LogP contribution < -0.4 is 4.90 Å². The lowest BCUT2D eigenvalue weighted by molar-refractivity contribution is 0.476. The van der Waals surface area contributed by atoms with E-state index in [9.17, 15) is 0 Å². The number of alkyl halides is 1. The van der Waals surface area contributed by atoms with Crippen molar-refractivity contribution >= 4 is 23.3 Å². The molecule has 1 aliphatic heterocycles. The van der Waals surface area contributed by atoms with Gasteiger partial charge in [-0.25, -0.2) is 0 Å². The standard InChI is InChI=1S/C14H16ClN3O/c1-10-8-11-4-2-3-5-12(11)18(9-10)14-17-16-13(19-14)6-7-15/h2-5,10H,6-9H2,1H3. The minimum Gasteiger partial charge on any atom is -0.408 e. The van der Waals surface area contributed by atoms with E-state index in [2.05, 4.69) is 40.2 Å². The monoisotopic (exact) mass is 277 g/mol. The van der Waals surface area contributed by atoms with Gasteiger partial charge in [-0.15, -0.1) is 16.7 Å². The quantitative estimate of drug-likeness (QED) is 0.808. The first-order valence-corrected chi connectivity index (χ1v) is 7.05. The fourth-order valence-corrected chi connectivity index (χ4v) is 2.68. The van der Waals surface area contributed by atoms with E-state index in [0.717, 1.165) is 13.0 Å². The molecular weight excluding hydrogens is 262 g/mol. The number of hydrogen-bond donors (Lipinski definition) is 0. The Labute approximate surface area is 117 Å². The van der Waals surface area contributed by atoms with Gasteiger partial charge in [0.05, 0.1) is 0 Å². The molecule has 0 fully saturated rings. The predicted octanol–water partition coefficient (Wildman–Crippen LogP) is 3.18. The van der Waals surface area contributed by atoms with Crippen molar-refractivity contribution < 1.29 is 4.42 Å². The zero-order chi connectivity index (χ0) is 13.2. The predicted molar refractivity (Wildman–Crippen MR) is 75.0 cm³/mol. The van der Waals surface area contributed by atoms with Crippen LogP contribution in [0, 0.1) is 5.92 Å². The molecule has 4 nitrogen and oxygen atoms in total. The van der Waals surface area contributed by atoms with Crippen molar-refractivity contribution in [3.63, 3.8) is 0 Å². The van der Waals surface area contributed by atoms with E-state index in [-0.39, 0.29) is 0 Å². The third kappa shape index (κ3) is 2.45. The van der Waals surface area contributed by atoms with E-state index >= 15 is 0 Å². The van der Waals surface area contributed by atoms with Crippen LogP contribution in [-0.4, -0.2) is 22.6 Å². The van der Waals surface area contributed by atoms with E-state index in [1.807, 2.05) is 6.07 Å². The lowest BCUT2D eigenvalue weighted by Gasteiger charge is -2.31. The number of nitrogens with zero attached hydrogens (tertiary/aromatic N) is 3. The number of hydrogen-bond acceptors (Lipinski definition) is 4. The summed E-state index contributed by atoms with van der Waals surface area (Å²) in [7, 11) is 0. The maximum Gasteiger partial charge on any atom is 0.322 e. The van der Waals surface area contributed by atoms with Gasteiger partial charge in [-0.2, -0.15) is 0 Å². The van der Waals surface area contributed by atoms with Gasteiger partial charge in [-0.3, -0.25) is 4.90 Å². The largest absolute Gasteiger partial charge is 0.408 e. The van der Waals surface area contributed by atoms with Crippen LogP contribution in [0.15, 0.2) is 28.7 Å². The zero-order valence-electron chi connectivity index (χ0n) is 10.8. The molecule has 0 aliphatic carbocycles. The van der Waals surface area contributed by atoms with Crippen molar-refractivity contribution in [3.8, 4) is 0 Å². The van der Waals surface area contributed by atoms with Crippen molar-refractivity contribution in [2.45, 2.75) is 19.8 Å². The van der Waals surface area contributed by atoms with Crippen LogP contribution in [0.1, 0.15) is 18.4 Å².